The predicted octanol–water partition coefficient (Wildman–Crippen LogP) is 1.14. The highest BCUT2D eigenvalue weighted by Crippen LogP contribution is 2.57. The first-order valence-electron chi connectivity index (χ1n) is 9.88. The van der Waals surface area contributed by atoms with Crippen LogP contribution in [0, 0.1) is 11.8 Å². The van der Waals surface area contributed by atoms with Crippen molar-refractivity contribution in [3.63, 3.8) is 0 Å². The van der Waals surface area contributed by atoms with Crippen molar-refractivity contribution in [3.8, 4) is 0 Å². The number of imidazole rings is 1. The van der Waals surface area contributed by atoms with Gasteiger partial charge in [0.25, 0.3) is 5.56 Å². The standard InChI is InChI=1S/C19H23N7O4/c1-19(2,3)29-18(28)25-5-10-11(6-25)13(10)15-22-12(30-23-15)7-26-9-21-16-14(17(26)27)24(4)8-20-16/h8-11,13H,5-7H2,1-4H3/t10-,11+,13?. The molecule has 30 heavy (non-hydrogen) atoms. The summed E-state index contributed by atoms with van der Waals surface area (Å²) >= 11 is 0. The zero-order valence-corrected chi connectivity index (χ0v) is 17.3. The molecule has 1 aliphatic heterocycles. The lowest BCUT2D eigenvalue weighted by atomic mass is 10.2. The molecule has 158 valence electrons. The third-order valence-electron chi connectivity index (χ3n) is 5.63. The first-order chi connectivity index (χ1) is 14.2. The molecule has 0 aromatic carbocycles. The molecule has 5 rings (SSSR count). The Kier molecular flexibility index (Phi) is 3.99. The van der Waals surface area contributed by atoms with Gasteiger partial charge >= 0.3 is 6.09 Å². The molecule has 0 N–H and O–H groups in total. The molecule has 11 heteroatoms. The number of carbonyl (C=O) groups excluding carboxylic acids is 1. The second-order valence-electron chi connectivity index (χ2n) is 8.99. The molecule has 1 unspecified atom stereocenters. The summed E-state index contributed by atoms with van der Waals surface area (Å²) in [4.78, 5) is 39.4. The monoisotopic (exact) mass is 413 g/mol. The zero-order valence-electron chi connectivity index (χ0n) is 17.3. The average molecular weight is 413 g/mol. The van der Waals surface area contributed by atoms with E-state index in [9.17, 15) is 9.59 Å². The van der Waals surface area contributed by atoms with Crippen LogP contribution in [-0.4, -0.2) is 58.9 Å². The smallest absolute Gasteiger partial charge is 0.410 e. The molecule has 1 saturated carbocycles. The molecule has 11 nitrogen and oxygen atoms in total. The van der Waals surface area contributed by atoms with E-state index < -0.39 is 5.60 Å². The Balaban J connectivity index is 1.25. The fraction of sp³-hybridized carbons (Fsp3) is 0.579. The Morgan fingerprint density at radius 3 is 2.63 bits per heavy atom. The van der Waals surface area contributed by atoms with E-state index >= 15 is 0 Å². The van der Waals surface area contributed by atoms with Gasteiger partial charge in [-0.15, -0.1) is 0 Å². The third kappa shape index (κ3) is 3.14. The van der Waals surface area contributed by atoms with Crippen LogP contribution >= 0.6 is 0 Å². The number of ether oxygens (including phenoxy) is 1. The maximum atomic E-state index is 12.6. The Morgan fingerprint density at radius 1 is 1.23 bits per heavy atom. The zero-order chi connectivity index (χ0) is 21.2. The van der Waals surface area contributed by atoms with E-state index in [1.807, 2.05) is 20.8 Å². The minimum atomic E-state index is -0.503. The van der Waals surface area contributed by atoms with E-state index in [-0.39, 0.29) is 24.1 Å². The molecule has 1 saturated heterocycles. The van der Waals surface area contributed by atoms with E-state index in [2.05, 4.69) is 20.1 Å². The highest BCUT2D eigenvalue weighted by Gasteiger charge is 2.59. The lowest BCUT2D eigenvalue weighted by Gasteiger charge is -2.25. The number of hydrogen-bond acceptors (Lipinski definition) is 8. The summed E-state index contributed by atoms with van der Waals surface area (Å²) in [6, 6.07) is 0. The summed E-state index contributed by atoms with van der Waals surface area (Å²) in [6.07, 6.45) is 2.71. The van der Waals surface area contributed by atoms with Gasteiger partial charge in [-0.2, -0.15) is 4.98 Å². The van der Waals surface area contributed by atoms with Crippen LogP contribution in [0.4, 0.5) is 4.79 Å². The number of fused-ring (bicyclic) bond motifs is 2. The maximum absolute atomic E-state index is 12.6. The number of likely N-dealkylation sites (tertiary alicyclic amines) is 1. The number of piperidine rings is 1. The van der Waals surface area contributed by atoms with Crippen molar-refractivity contribution >= 4 is 17.3 Å². The topological polar surface area (TPSA) is 121 Å². The Morgan fingerprint density at radius 2 is 1.93 bits per heavy atom. The number of rotatable bonds is 3. The maximum Gasteiger partial charge on any atom is 0.410 e. The first kappa shape index (κ1) is 18.8. The molecule has 0 bridgehead atoms. The second kappa shape index (κ2) is 6.38. The highest BCUT2D eigenvalue weighted by atomic mass is 16.6. The van der Waals surface area contributed by atoms with Crippen molar-refractivity contribution in [2.45, 2.75) is 38.8 Å². The summed E-state index contributed by atoms with van der Waals surface area (Å²) in [5, 5.41) is 4.11. The number of nitrogens with zero attached hydrogens (tertiary/aromatic N) is 7. The Bertz CT molecular complexity index is 1180. The van der Waals surface area contributed by atoms with Gasteiger partial charge < -0.3 is 18.7 Å². The van der Waals surface area contributed by atoms with Gasteiger partial charge in [-0.3, -0.25) is 9.36 Å². The van der Waals surface area contributed by atoms with Gasteiger partial charge in [-0.05, 0) is 32.6 Å². The number of amides is 1. The molecule has 2 fully saturated rings. The summed E-state index contributed by atoms with van der Waals surface area (Å²) in [5.41, 5.74) is 0.120. The van der Waals surface area contributed by atoms with E-state index in [1.165, 1.54) is 10.9 Å². The van der Waals surface area contributed by atoms with Crippen molar-refractivity contribution in [2.75, 3.05) is 13.1 Å². The quantitative estimate of drug-likeness (QED) is 0.627. The molecule has 0 spiro atoms. The summed E-state index contributed by atoms with van der Waals surface area (Å²) in [7, 11) is 1.75. The molecule has 1 amide bonds. The van der Waals surface area contributed by atoms with E-state index in [4.69, 9.17) is 9.26 Å². The molecule has 2 aliphatic rings. The molecule has 0 radical (unpaired) electrons. The fourth-order valence-electron chi connectivity index (χ4n) is 4.18. The van der Waals surface area contributed by atoms with Crippen molar-refractivity contribution in [2.24, 2.45) is 18.9 Å². The van der Waals surface area contributed by atoms with Crippen LogP contribution in [-0.2, 0) is 18.3 Å². The first-order valence-corrected chi connectivity index (χ1v) is 9.88. The van der Waals surface area contributed by atoms with Gasteiger partial charge in [0, 0.05) is 26.1 Å². The van der Waals surface area contributed by atoms with Crippen LogP contribution in [0.1, 0.15) is 38.4 Å². The highest BCUT2D eigenvalue weighted by molar-refractivity contribution is 5.69. The van der Waals surface area contributed by atoms with Gasteiger partial charge in [-0.1, -0.05) is 5.16 Å². The van der Waals surface area contributed by atoms with Gasteiger partial charge in [-0.25, -0.2) is 14.8 Å². The summed E-state index contributed by atoms with van der Waals surface area (Å²) in [5.74, 6) is 1.79. The minimum Gasteiger partial charge on any atom is -0.444 e. The lowest BCUT2D eigenvalue weighted by molar-refractivity contribution is 0.0270. The molecule has 3 aromatic heterocycles. The number of aromatic nitrogens is 6. The van der Waals surface area contributed by atoms with Crippen LogP contribution in [0.3, 0.4) is 0 Å². The van der Waals surface area contributed by atoms with Gasteiger partial charge in [0.1, 0.15) is 18.5 Å². The predicted molar refractivity (Wildman–Crippen MR) is 104 cm³/mol. The number of carbonyl (C=O) groups is 1. The largest absolute Gasteiger partial charge is 0.444 e. The van der Waals surface area contributed by atoms with Crippen LogP contribution in [0.15, 0.2) is 22.0 Å². The normalized spacial score (nSPS) is 23.1. The number of aryl methyl sites for hydroxylation is 1. The SMILES string of the molecule is Cn1cnc2ncn(Cc3nc(C4[C@H]5CN(C(=O)OC(C)(C)C)C[C@@H]45)no3)c(=O)c21. The van der Waals surface area contributed by atoms with Crippen molar-refractivity contribution in [1.82, 2.24) is 34.1 Å². The van der Waals surface area contributed by atoms with E-state index in [0.29, 0.717) is 47.8 Å². The average Bonchev–Trinajstić information content (AvgIpc) is 3.09. The fourth-order valence-corrected chi connectivity index (χ4v) is 4.18. The minimum absolute atomic E-state index is 0.145. The Hall–Kier alpha value is -3.24. The van der Waals surface area contributed by atoms with E-state index in [0.717, 1.165) is 0 Å². The number of hydrogen-bond donors (Lipinski definition) is 0. The Labute approximate surface area is 171 Å². The lowest BCUT2D eigenvalue weighted by Crippen LogP contribution is -2.36. The second-order valence-corrected chi connectivity index (χ2v) is 8.99. The van der Waals surface area contributed by atoms with Crippen LogP contribution < -0.4 is 5.56 Å². The summed E-state index contributed by atoms with van der Waals surface area (Å²) in [6.45, 7) is 6.99. The van der Waals surface area contributed by atoms with Crippen molar-refractivity contribution in [1.29, 1.82) is 0 Å². The summed E-state index contributed by atoms with van der Waals surface area (Å²) < 4.78 is 13.9. The molecule has 3 aromatic rings. The molecular formula is C19H23N7O4. The molecular weight excluding hydrogens is 390 g/mol. The van der Waals surface area contributed by atoms with Gasteiger partial charge in [0.2, 0.25) is 5.89 Å². The molecule has 4 heterocycles. The van der Waals surface area contributed by atoms with Crippen LogP contribution in [0.25, 0.3) is 11.2 Å². The van der Waals surface area contributed by atoms with Gasteiger partial charge in [0.05, 0.1) is 6.33 Å². The molecule has 1 aliphatic carbocycles. The van der Waals surface area contributed by atoms with Crippen molar-refractivity contribution in [3.05, 3.63) is 34.7 Å². The van der Waals surface area contributed by atoms with E-state index in [1.54, 1.807) is 22.8 Å². The van der Waals surface area contributed by atoms with Crippen LogP contribution in [0.2, 0.25) is 0 Å². The van der Waals surface area contributed by atoms with Crippen LogP contribution in [0.5, 0.6) is 0 Å². The molecule has 3 atom stereocenters. The van der Waals surface area contributed by atoms with Gasteiger partial charge in [0.15, 0.2) is 17.0 Å². The third-order valence-corrected chi connectivity index (χ3v) is 5.63. The van der Waals surface area contributed by atoms with Crippen molar-refractivity contribution < 1.29 is 14.1 Å².